The maximum Gasteiger partial charge on any atom is 0.255 e. The van der Waals surface area contributed by atoms with Crippen molar-refractivity contribution in [1.29, 1.82) is 0 Å². The second-order valence-corrected chi connectivity index (χ2v) is 4.10. The molecule has 0 atom stereocenters. The van der Waals surface area contributed by atoms with Gasteiger partial charge in [-0.15, -0.1) is 0 Å². The molecule has 0 aliphatic carbocycles. The van der Waals surface area contributed by atoms with Crippen LogP contribution in [0.2, 0.25) is 0 Å². The number of nitrogens with two attached hydrogens (primary N) is 1. The van der Waals surface area contributed by atoms with E-state index in [2.05, 4.69) is 15.7 Å². The molecule has 4 N–H and O–H groups in total. The maximum atomic E-state index is 12.1. The lowest BCUT2D eigenvalue weighted by molar-refractivity contribution is 0.0951. The quantitative estimate of drug-likeness (QED) is 0.564. The Balaban J connectivity index is 2.04. The van der Waals surface area contributed by atoms with E-state index in [4.69, 9.17) is 10.6 Å². The van der Waals surface area contributed by atoms with Gasteiger partial charge in [0.15, 0.2) is 0 Å². The molecule has 2 rings (SSSR count). The molecule has 6 nitrogen and oxygen atoms in total. The molecule has 0 bridgehead atoms. The highest BCUT2D eigenvalue weighted by Crippen LogP contribution is 2.14. The normalized spacial score (nSPS) is 9.90. The van der Waals surface area contributed by atoms with Crippen LogP contribution in [-0.2, 0) is 6.54 Å². The van der Waals surface area contributed by atoms with Gasteiger partial charge in [0.25, 0.3) is 5.91 Å². The number of methoxy groups -OCH3 is 1. The highest BCUT2D eigenvalue weighted by molar-refractivity contribution is 5.99. The van der Waals surface area contributed by atoms with Gasteiger partial charge < -0.3 is 15.5 Å². The zero-order valence-electron chi connectivity index (χ0n) is 11.1. The van der Waals surface area contributed by atoms with Crippen LogP contribution in [0.5, 0.6) is 5.75 Å². The third-order valence-corrected chi connectivity index (χ3v) is 2.81. The topological polar surface area (TPSA) is 89.3 Å². The number of carbonyl (C=O) groups is 1. The van der Waals surface area contributed by atoms with Crippen molar-refractivity contribution in [3.63, 3.8) is 0 Å². The van der Waals surface area contributed by atoms with Crippen molar-refractivity contribution in [3.8, 4) is 5.75 Å². The number of nitrogens with one attached hydrogen (secondary N) is 2. The summed E-state index contributed by atoms with van der Waals surface area (Å²) in [6.45, 7) is 0.398. The zero-order chi connectivity index (χ0) is 14.4. The van der Waals surface area contributed by atoms with E-state index in [0.29, 0.717) is 17.8 Å². The van der Waals surface area contributed by atoms with Crippen LogP contribution in [0.25, 0.3) is 0 Å². The minimum Gasteiger partial charge on any atom is -0.497 e. The SMILES string of the molecule is COc1cccc(CNC(=O)c2cnccc2NN)c1. The molecule has 0 radical (unpaired) electrons. The molecule has 0 aliphatic rings. The van der Waals surface area contributed by atoms with Crippen molar-refractivity contribution in [1.82, 2.24) is 10.3 Å². The number of hydrogen-bond donors (Lipinski definition) is 3. The molecular weight excluding hydrogens is 256 g/mol. The number of nitrogens with zero attached hydrogens (tertiary/aromatic N) is 1. The average Bonchev–Trinajstić information content (AvgIpc) is 2.52. The number of hydrazine groups is 1. The predicted molar refractivity (Wildman–Crippen MR) is 76.2 cm³/mol. The zero-order valence-corrected chi connectivity index (χ0v) is 11.1. The Kier molecular flexibility index (Phi) is 4.52. The van der Waals surface area contributed by atoms with Crippen LogP contribution in [0.3, 0.4) is 0 Å². The molecule has 1 aromatic carbocycles. The van der Waals surface area contributed by atoms with E-state index in [1.165, 1.54) is 6.20 Å². The first-order valence-electron chi connectivity index (χ1n) is 6.06. The predicted octanol–water partition coefficient (Wildman–Crippen LogP) is 1.31. The second kappa shape index (κ2) is 6.53. The van der Waals surface area contributed by atoms with Gasteiger partial charge in [-0.05, 0) is 23.8 Å². The minimum atomic E-state index is -0.242. The first kappa shape index (κ1) is 13.8. The first-order valence-corrected chi connectivity index (χ1v) is 6.06. The summed E-state index contributed by atoms with van der Waals surface area (Å²) in [4.78, 5) is 16.0. The summed E-state index contributed by atoms with van der Waals surface area (Å²) < 4.78 is 5.13. The largest absolute Gasteiger partial charge is 0.497 e. The summed E-state index contributed by atoms with van der Waals surface area (Å²) in [6, 6.07) is 9.14. The van der Waals surface area contributed by atoms with Gasteiger partial charge in [-0.3, -0.25) is 15.6 Å². The molecule has 1 aromatic heterocycles. The standard InChI is InChI=1S/C14H16N4O2/c1-20-11-4-2-3-10(7-11)8-17-14(19)12-9-16-6-5-13(12)18-15/h2-7,9H,8,15H2,1H3,(H,16,18)(H,17,19). The molecule has 1 heterocycles. The van der Waals surface area contributed by atoms with E-state index in [9.17, 15) is 4.79 Å². The maximum absolute atomic E-state index is 12.1. The summed E-state index contributed by atoms with van der Waals surface area (Å²) in [5, 5.41) is 2.81. The van der Waals surface area contributed by atoms with Crippen LogP contribution < -0.4 is 21.3 Å². The van der Waals surface area contributed by atoms with Crippen molar-refractivity contribution in [2.75, 3.05) is 12.5 Å². The molecule has 0 unspecified atom stereocenters. The molecule has 1 amide bonds. The van der Waals surface area contributed by atoms with E-state index in [0.717, 1.165) is 11.3 Å². The summed E-state index contributed by atoms with van der Waals surface area (Å²) >= 11 is 0. The van der Waals surface area contributed by atoms with Gasteiger partial charge in [0.05, 0.1) is 18.4 Å². The summed E-state index contributed by atoms with van der Waals surface area (Å²) in [5.74, 6) is 5.87. The fraction of sp³-hybridized carbons (Fsp3) is 0.143. The van der Waals surface area contributed by atoms with Crippen LogP contribution in [0.4, 0.5) is 5.69 Å². The number of benzene rings is 1. The Labute approximate surface area is 116 Å². The number of ether oxygens (including phenoxy) is 1. The molecule has 0 saturated carbocycles. The highest BCUT2D eigenvalue weighted by Gasteiger charge is 2.10. The second-order valence-electron chi connectivity index (χ2n) is 4.10. The van der Waals surface area contributed by atoms with Crippen LogP contribution in [0, 0.1) is 0 Å². The Morgan fingerprint density at radius 1 is 1.40 bits per heavy atom. The minimum absolute atomic E-state index is 0.242. The number of pyridine rings is 1. The monoisotopic (exact) mass is 272 g/mol. The van der Waals surface area contributed by atoms with E-state index in [1.54, 1.807) is 19.4 Å². The number of amides is 1. The van der Waals surface area contributed by atoms with Gasteiger partial charge in [-0.2, -0.15) is 0 Å². The smallest absolute Gasteiger partial charge is 0.255 e. The number of hydrogen-bond acceptors (Lipinski definition) is 5. The molecule has 0 spiro atoms. The lowest BCUT2D eigenvalue weighted by Crippen LogP contribution is -2.25. The highest BCUT2D eigenvalue weighted by atomic mass is 16.5. The Morgan fingerprint density at radius 3 is 3.00 bits per heavy atom. The molecule has 2 aromatic rings. The average molecular weight is 272 g/mol. The number of nitrogen functional groups attached to an aromatic ring is 1. The number of rotatable bonds is 5. The molecular formula is C14H16N4O2. The Hall–Kier alpha value is -2.60. The molecule has 0 fully saturated rings. The van der Waals surface area contributed by atoms with Gasteiger partial charge in [-0.25, -0.2) is 0 Å². The molecule has 6 heteroatoms. The van der Waals surface area contributed by atoms with Crippen molar-refractivity contribution >= 4 is 11.6 Å². The number of carbonyl (C=O) groups excluding carboxylic acids is 1. The third kappa shape index (κ3) is 3.24. The van der Waals surface area contributed by atoms with Crippen LogP contribution in [-0.4, -0.2) is 18.0 Å². The van der Waals surface area contributed by atoms with Crippen molar-refractivity contribution in [2.24, 2.45) is 5.84 Å². The van der Waals surface area contributed by atoms with E-state index < -0.39 is 0 Å². The van der Waals surface area contributed by atoms with Crippen molar-refractivity contribution in [3.05, 3.63) is 53.9 Å². The molecule has 0 aliphatic heterocycles. The third-order valence-electron chi connectivity index (χ3n) is 2.81. The van der Waals surface area contributed by atoms with Gasteiger partial charge in [0.2, 0.25) is 0 Å². The molecule has 104 valence electrons. The fourth-order valence-electron chi connectivity index (χ4n) is 1.76. The van der Waals surface area contributed by atoms with Gasteiger partial charge in [-0.1, -0.05) is 12.1 Å². The number of anilines is 1. The van der Waals surface area contributed by atoms with Crippen LogP contribution >= 0.6 is 0 Å². The van der Waals surface area contributed by atoms with Gasteiger partial charge >= 0.3 is 0 Å². The summed E-state index contributed by atoms with van der Waals surface area (Å²) in [5.41, 5.74) is 4.35. The van der Waals surface area contributed by atoms with Crippen molar-refractivity contribution in [2.45, 2.75) is 6.54 Å². The van der Waals surface area contributed by atoms with Crippen molar-refractivity contribution < 1.29 is 9.53 Å². The van der Waals surface area contributed by atoms with Crippen LogP contribution in [0.15, 0.2) is 42.7 Å². The van der Waals surface area contributed by atoms with Gasteiger partial charge in [0.1, 0.15) is 5.75 Å². The summed E-state index contributed by atoms with van der Waals surface area (Å²) in [6.07, 6.45) is 3.03. The first-order chi connectivity index (χ1) is 9.74. The lowest BCUT2D eigenvalue weighted by atomic mass is 10.2. The lowest BCUT2D eigenvalue weighted by Gasteiger charge is -2.09. The number of aromatic nitrogens is 1. The molecule has 0 saturated heterocycles. The molecule has 20 heavy (non-hydrogen) atoms. The fourth-order valence-corrected chi connectivity index (χ4v) is 1.76. The Bertz CT molecular complexity index is 601. The van der Waals surface area contributed by atoms with Crippen LogP contribution in [0.1, 0.15) is 15.9 Å². The van der Waals surface area contributed by atoms with E-state index in [-0.39, 0.29) is 5.91 Å². The Morgan fingerprint density at radius 2 is 2.25 bits per heavy atom. The van der Waals surface area contributed by atoms with Gasteiger partial charge in [0, 0.05) is 18.9 Å². The summed E-state index contributed by atoms with van der Waals surface area (Å²) in [7, 11) is 1.60. The van der Waals surface area contributed by atoms with E-state index >= 15 is 0 Å². The van der Waals surface area contributed by atoms with E-state index in [1.807, 2.05) is 24.3 Å².